The second-order valence-electron chi connectivity index (χ2n) is 3.62. The van der Waals surface area contributed by atoms with Crippen molar-refractivity contribution in [3.05, 3.63) is 0 Å². The predicted octanol–water partition coefficient (Wildman–Crippen LogP) is 0.214. The largest absolute Gasteiger partial charge is 0.392 e. The summed E-state index contributed by atoms with van der Waals surface area (Å²) >= 11 is 0. The maximum Gasteiger partial charge on any atom is 0.0667 e. The van der Waals surface area contributed by atoms with E-state index < -0.39 is 0 Å². The van der Waals surface area contributed by atoms with Crippen molar-refractivity contribution in [2.24, 2.45) is 0 Å². The molecule has 0 aromatic heterocycles. The van der Waals surface area contributed by atoms with Crippen LogP contribution in [-0.4, -0.2) is 47.0 Å². The molecule has 1 aliphatic heterocycles. The molecule has 2 N–H and O–H groups in total. The molecule has 1 fully saturated rings. The Balaban J connectivity index is 2.22. The van der Waals surface area contributed by atoms with Gasteiger partial charge in [0, 0.05) is 13.1 Å². The van der Waals surface area contributed by atoms with Gasteiger partial charge in [0.15, 0.2) is 0 Å². The third-order valence-electron chi connectivity index (χ3n) is 2.42. The molecule has 0 aromatic carbocycles. The smallest absolute Gasteiger partial charge is 0.0667 e. The van der Waals surface area contributed by atoms with Gasteiger partial charge in [-0.1, -0.05) is 6.92 Å². The third-order valence-corrected chi connectivity index (χ3v) is 2.42. The SMILES string of the molecule is CCC(O)CN1CCC[C@H](O)C1. The van der Waals surface area contributed by atoms with Crippen LogP contribution in [0.25, 0.3) is 0 Å². The second-order valence-corrected chi connectivity index (χ2v) is 3.62. The first-order valence-electron chi connectivity index (χ1n) is 4.81. The van der Waals surface area contributed by atoms with Crippen LogP contribution in [0.1, 0.15) is 26.2 Å². The average molecular weight is 173 g/mol. The molecular formula is C9H19NO2. The van der Waals surface area contributed by atoms with Gasteiger partial charge in [-0.15, -0.1) is 0 Å². The van der Waals surface area contributed by atoms with Gasteiger partial charge in [-0.05, 0) is 25.8 Å². The number of hydrogen-bond donors (Lipinski definition) is 2. The number of aliphatic hydroxyl groups excluding tert-OH is 2. The van der Waals surface area contributed by atoms with Crippen LogP contribution in [0.5, 0.6) is 0 Å². The van der Waals surface area contributed by atoms with Gasteiger partial charge in [-0.25, -0.2) is 0 Å². The monoisotopic (exact) mass is 173 g/mol. The van der Waals surface area contributed by atoms with E-state index in [9.17, 15) is 10.2 Å². The zero-order chi connectivity index (χ0) is 8.97. The maximum absolute atomic E-state index is 9.37. The van der Waals surface area contributed by atoms with Gasteiger partial charge < -0.3 is 10.2 Å². The minimum Gasteiger partial charge on any atom is -0.392 e. The minimum absolute atomic E-state index is 0.178. The zero-order valence-electron chi connectivity index (χ0n) is 7.74. The molecule has 3 heteroatoms. The van der Waals surface area contributed by atoms with Crippen molar-refractivity contribution in [2.75, 3.05) is 19.6 Å². The number of rotatable bonds is 3. The number of aliphatic hydroxyl groups is 2. The minimum atomic E-state index is -0.227. The first-order valence-corrected chi connectivity index (χ1v) is 4.81. The number of nitrogens with zero attached hydrogens (tertiary/aromatic N) is 1. The van der Waals surface area contributed by atoms with Crippen molar-refractivity contribution in [2.45, 2.75) is 38.4 Å². The molecule has 0 aliphatic carbocycles. The summed E-state index contributed by atoms with van der Waals surface area (Å²) < 4.78 is 0. The van der Waals surface area contributed by atoms with E-state index in [1.54, 1.807) is 0 Å². The molecule has 0 bridgehead atoms. The van der Waals surface area contributed by atoms with Gasteiger partial charge >= 0.3 is 0 Å². The number of β-amino-alcohol motifs (C(OH)–C–C–N with tert-alkyl or cyclic N) is 2. The summed E-state index contributed by atoms with van der Waals surface area (Å²) in [5, 5.41) is 18.7. The summed E-state index contributed by atoms with van der Waals surface area (Å²) in [6.07, 6.45) is 2.36. The van der Waals surface area contributed by atoms with Gasteiger partial charge in [0.05, 0.1) is 12.2 Å². The molecule has 2 atom stereocenters. The van der Waals surface area contributed by atoms with E-state index in [0.717, 1.165) is 32.4 Å². The third kappa shape index (κ3) is 3.09. The first kappa shape index (κ1) is 9.96. The Morgan fingerprint density at radius 3 is 2.92 bits per heavy atom. The highest BCUT2D eigenvalue weighted by atomic mass is 16.3. The van der Waals surface area contributed by atoms with Gasteiger partial charge in [0.25, 0.3) is 0 Å². The van der Waals surface area contributed by atoms with Crippen LogP contribution in [0, 0.1) is 0 Å². The number of hydrogen-bond acceptors (Lipinski definition) is 3. The molecule has 1 heterocycles. The van der Waals surface area contributed by atoms with Gasteiger partial charge in [-0.3, -0.25) is 4.90 Å². The molecule has 72 valence electrons. The fourth-order valence-electron chi connectivity index (χ4n) is 1.62. The van der Waals surface area contributed by atoms with Crippen molar-refractivity contribution >= 4 is 0 Å². The van der Waals surface area contributed by atoms with E-state index in [1.807, 2.05) is 6.92 Å². The van der Waals surface area contributed by atoms with Crippen LogP contribution < -0.4 is 0 Å². The normalized spacial score (nSPS) is 28.8. The fraction of sp³-hybridized carbons (Fsp3) is 1.00. The van der Waals surface area contributed by atoms with Crippen LogP contribution in [0.2, 0.25) is 0 Å². The molecule has 1 aliphatic rings. The lowest BCUT2D eigenvalue weighted by atomic mass is 10.1. The Bertz CT molecular complexity index is 130. The summed E-state index contributed by atoms with van der Waals surface area (Å²) in [5.74, 6) is 0. The predicted molar refractivity (Wildman–Crippen MR) is 48.0 cm³/mol. The fourth-order valence-corrected chi connectivity index (χ4v) is 1.62. The standard InChI is InChI=1S/C9H19NO2/c1-2-8(11)6-10-5-3-4-9(12)7-10/h8-9,11-12H,2-7H2,1H3/t8?,9-/m0/s1. The van der Waals surface area contributed by atoms with E-state index >= 15 is 0 Å². The number of likely N-dealkylation sites (tertiary alicyclic amines) is 1. The summed E-state index contributed by atoms with van der Waals surface area (Å²) in [4.78, 5) is 2.14. The number of piperidine rings is 1. The molecule has 0 amide bonds. The highest BCUT2D eigenvalue weighted by molar-refractivity contribution is 4.73. The van der Waals surface area contributed by atoms with Crippen molar-refractivity contribution in [3.63, 3.8) is 0 Å². The molecular weight excluding hydrogens is 154 g/mol. The van der Waals surface area contributed by atoms with E-state index in [2.05, 4.69) is 4.90 Å². The van der Waals surface area contributed by atoms with Crippen LogP contribution in [-0.2, 0) is 0 Å². The molecule has 0 spiro atoms. The van der Waals surface area contributed by atoms with E-state index in [4.69, 9.17) is 0 Å². The average Bonchev–Trinajstić information content (AvgIpc) is 2.04. The van der Waals surface area contributed by atoms with Crippen molar-refractivity contribution in [1.29, 1.82) is 0 Å². The lowest BCUT2D eigenvalue weighted by molar-refractivity contribution is 0.0387. The Morgan fingerprint density at radius 1 is 1.58 bits per heavy atom. The molecule has 3 nitrogen and oxygen atoms in total. The van der Waals surface area contributed by atoms with Gasteiger partial charge in [-0.2, -0.15) is 0 Å². The summed E-state index contributed by atoms with van der Waals surface area (Å²) in [5.41, 5.74) is 0. The Morgan fingerprint density at radius 2 is 2.33 bits per heavy atom. The van der Waals surface area contributed by atoms with Crippen molar-refractivity contribution < 1.29 is 10.2 Å². The summed E-state index contributed by atoms with van der Waals surface area (Å²) in [6.45, 7) is 4.45. The lowest BCUT2D eigenvalue weighted by Gasteiger charge is -2.31. The topological polar surface area (TPSA) is 43.7 Å². The molecule has 1 rings (SSSR count). The van der Waals surface area contributed by atoms with Crippen molar-refractivity contribution in [1.82, 2.24) is 4.90 Å². The molecule has 12 heavy (non-hydrogen) atoms. The van der Waals surface area contributed by atoms with Gasteiger partial charge in [0.1, 0.15) is 0 Å². The van der Waals surface area contributed by atoms with Crippen LogP contribution >= 0.6 is 0 Å². The zero-order valence-corrected chi connectivity index (χ0v) is 7.74. The maximum atomic E-state index is 9.37. The van der Waals surface area contributed by atoms with Crippen molar-refractivity contribution in [3.8, 4) is 0 Å². The quantitative estimate of drug-likeness (QED) is 0.641. The first-order chi connectivity index (χ1) is 5.72. The van der Waals surface area contributed by atoms with Gasteiger partial charge in [0.2, 0.25) is 0 Å². The van der Waals surface area contributed by atoms with E-state index in [-0.39, 0.29) is 12.2 Å². The second kappa shape index (κ2) is 4.80. The highest BCUT2D eigenvalue weighted by Crippen LogP contribution is 2.10. The molecule has 0 aromatic rings. The molecule has 0 saturated carbocycles. The Hall–Kier alpha value is -0.120. The van der Waals surface area contributed by atoms with Crippen LogP contribution in [0.15, 0.2) is 0 Å². The molecule has 1 unspecified atom stereocenters. The van der Waals surface area contributed by atoms with E-state index in [0.29, 0.717) is 6.54 Å². The Labute approximate surface area is 74.0 Å². The van der Waals surface area contributed by atoms with Crippen LogP contribution in [0.4, 0.5) is 0 Å². The molecule has 0 radical (unpaired) electrons. The lowest BCUT2D eigenvalue weighted by Crippen LogP contribution is -2.42. The van der Waals surface area contributed by atoms with E-state index in [1.165, 1.54) is 0 Å². The summed E-state index contributed by atoms with van der Waals surface area (Å²) in [6, 6.07) is 0. The van der Waals surface area contributed by atoms with Crippen LogP contribution in [0.3, 0.4) is 0 Å². The highest BCUT2D eigenvalue weighted by Gasteiger charge is 2.18. The molecule has 1 saturated heterocycles. The summed E-state index contributed by atoms with van der Waals surface area (Å²) in [7, 11) is 0. The Kier molecular flexibility index (Phi) is 3.98.